The van der Waals surface area contributed by atoms with E-state index < -0.39 is 4.92 Å². The van der Waals surface area contributed by atoms with Gasteiger partial charge in [-0.25, -0.2) is 0 Å². The predicted octanol–water partition coefficient (Wildman–Crippen LogP) is 0.637. The van der Waals surface area contributed by atoms with Crippen LogP contribution < -0.4 is 16.0 Å². The first-order chi connectivity index (χ1) is 9.51. The molecule has 1 aliphatic rings. The molecule has 0 aliphatic carbocycles. The zero-order valence-corrected chi connectivity index (χ0v) is 10.9. The topological polar surface area (TPSA) is 113 Å². The molecule has 1 aromatic carbocycles. The Bertz CT molecular complexity index is 585. The molecule has 0 aromatic heterocycles. The maximum atomic E-state index is 11.3. The van der Waals surface area contributed by atoms with Crippen molar-refractivity contribution in [2.24, 2.45) is 0 Å². The number of nitro groups is 1. The van der Waals surface area contributed by atoms with Gasteiger partial charge in [0.05, 0.1) is 11.5 Å². The molecule has 0 bridgehead atoms. The number of anilines is 2. The van der Waals surface area contributed by atoms with E-state index in [1.807, 2.05) is 0 Å². The number of amides is 2. The zero-order valence-electron chi connectivity index (χ0n) is 10.9. The van der Waals surface area contributed by atoms with E-state index in [1.54, 1.807) is 0 Å². The summed E-state index contributed by atoms with van der Waals surface area (Å²) in [7, 11) is 1.48. The number of likely N-dealkylation sites (N-methyl/N-ethyl adjacent to an activating group) is 1. The molecule has 20 heavy (non-hydrogen) atoms. The fourth-order valence-corrected chi connectivity index (χ4v) is 1.97. The van der Waals surface area contributed by atoms with Crippen LogP contribution in [0.15, 0.2) is 12.1 Å². The fourth-order valence-electron chi connectivity index (χ4n) is 1.97. The maximum Gasteiger partial charge on any atom is 0.292 e. The summed E-state index contributed by atoms with van der Waals surface area (Å²) in [5, 5.41) is 18.8. The number of benzene rings is 1. The standard InChI is InChI=1S/C12H14N4O4/c1-13-12(18)6-14-9-5-8-7(2-3-11(17)15-8)4-10(9)16(19)20/h4-5,14H,2-3,6H2,1H3,(H,13,18)(H,15,17). The van der Waals surface area contributed by atoms with Crippen LogP contribution in [0.3, 0.4) is 0 Å². The van der Waals surface area contributed by atoms with E-state index in [2.05, 4.69) is 16.0 Å². The van der Waals surface area contributed by atoms with Gasteiger partial charge < -0.3 is 16.0 Å². The van der Waals surface area contributed by atoms with Gasteiger partial charge in [0.15, 0.2) is 0 Å². The molecule has 0 atom stereocenters. The van der Waals surface area contributed by atoms with Crippen molar-refractivity contribution in [2.45, 2.75) is 12.8 Å². The van der Waals surface area contributed by atoms with Gasteiger partial charge in [-0.05, 0) is 18.1 Å². The van der Waals surface area contributed by atoms with Gasteiger partial charge in [-0.2, -0.15) is 0 Å². The number of carbonyl (C=O) groups is 2. The first-order valence-corrected chi connectivity index (χ1v) is 6.07. The van der Waals surface area contributed by atoms with Crippen molar-refractivity contribution in [3.8, 4) is 0 Å². The fraction of sp³-hybridized carbons (Fsp3) is 0.333. The first kappa shape index (κ1) is 13.8. The minimum Gasteiger partial charge on any atom is -0.370 e. The molecule has 0 spiro atoms. The molecule has 0 saturated heterocycles. The molecule has 8 heteroatoms. The number of nitrogens with one attached hydrogen (secondary N) is 3. The monoisotopic (exact) mass is 278 g/mol. The Kier molecular flexibility index (Phi) is 3.83. The van der Waals surface area contributed by atoms with Crippen LogP contribution in [0.5, 0.6) is 0 Å². The summed E-state index contributed by atoms with van der Waals surface area (Å²) in [6.07, 6.45) is 0.785. The SMILES string of the molecule is CNC(=O)CNc1cc2c(cc1[N+](=O)[O-])CCC(=O)N2. The highest BCUT2D eigenvalue weighted by Gasteiger charge is 2.22. The first-order valence-electron chi connectivity index (χ1n) is 6.07. The molecule has 1 aromatic rings. The van der Waals surface area contributed by atoms with Crippen molar-refractivity contribution >= 4 is 28.9 Å². The molecule has 8 nitrogen and oxygen atoms in total. The molecule has 2 rings (SSSR count). The van der Waals surface area contributed by atoms with E-state index in [0.717, 1.165) is 5.56 Å². The number of carbonyl (C=O) groups excluding carboxylic acids is 2. The van der Waals surface area contributed by atoms with Gasteiger partial charge in [-0.15, -0.1) is 0 Å². The lowest BCUT2D eigenvalue weighted by Gasteiger charge is -2.18. The van der Waals surface area contributed by atoms with Gasteiger partial charge in [0.1, 0.15) is 5.69 Å². The quantitative estimate of drug-likeness (QED) is 0.552. The Morgan fingerprint density at radius 2 is 2.20 bits per heavy atom. The largest absolute Gasteiger partial charge is 0.370 e. The van der Waals surface area contributed by atoms with Gasteiger partial charge in [0.25, 0.3) is 5.69 Å². The van der Waals surface area contributed by atoms with E-state index in [1.165, 1.54) is 19.2 Å². The lowest BCUT2D eigenvalue weighted by Crippen LogP contribution is -2.26. The van der Waals surface area contributed by atoms with E-state index in [4.69, 9.17) is 0 Å². The van der Waals surface area contributed by atoms with Crippen LogP contribution in [0.4, 0.5) is 17.1 Å². The lowest BCUT2D eigenvalue weighted by molar-refractivity contribution is -0.384. The van der Waals surface area contributed by atoms with Gasteiger partial charge in [0, 0.05) is 25.2 Å². The van der Waals surface area contributed by atoms with Crippen LogP contribution in [-0.4, -0.2) is 30.3 Å². The van der Waals surface area contributed by atoms with E-state index in [0.29, 0.717) is 18.5 Å². The average Bonchev–Trinajstić information content (AvgIpc) is 2.43. The molecule has 0 fully saturated rings. The number of hydrogen-bond donors (Lipinski definition) is 3. The average molecular weight is 278 g/mol. The van der Waals surface area contributed by atoms with E-state index in [9.17, 15) is 19.7 Å². The Morgan fingerprint density at radius 3 is 2.85 bits per heavy atom. The highest BCUT2D eigenvalue weighted by molar-refractivity contribution is 5.95. The minimum absolute atomic E-state index is 0.0793. The van der Waals surface area contributed by atoms with Crippen LogP contribution in [0.25, 0.3) is 0 Å². The van der Waals surface area contributed by atoms with Crippen LogP contribution in [-0.2, 0) is 16.0 Å². The highest BCUT2D eigenvalue weighted by Crippen LogP contribution is 2.33. The molecule has 0 saturated carbocycles. The Labute approximate surface area is 114 Å². The zero-order chi connectivity index (χ0) is 14.7. The Morgan fingerprint density at radius 1 is 1.45 bits per heavy atom. The Balaban J connectivity index is 2.33. The number of fused-ring (bicyclic) bond motifs is 1. The van der Waals surface area contributed by atoms with Gasteiger partial charge in [-0.3, -0.25) is 19.7 Å². The molecule has 106 valence electrons. The van der Waals surface area contributed by atoms with E-state index >= 15 is 0 Å². The minimum atomic E-state index is -0.511. The summed E-state index contributed by atoms with van der Waals surface area (Å²) in [5.74, 6) is -0.412. The number of hydrogen-bond acceptors (Lipinski definition) is 5. The summed E-state index contributed by atoms with van der Waals surface area (Å²) in [4.78, 5) is 33.1. The molecular weight excluding hydrogens is 264 g/mol. The summed E-state index contributed by atoms with van der Waals surface area (Å²) in [6, 6.07) is 2.93. The van der Waals surface area contributed by atoms with Crippen molar-refractivity contribution in [1.82, 2.24) is 5.32 Å². The lowest BCUT2D eigenvalue weighted by atomic mass is 10.0. The predicted molar refractivity (Wildman–Crippen MR) is 72.6 cm³/mol. The number of nitrogens with zero attached hydrogens (tertiary/aromatic N) is 1. The molecule has 1 heterocycles. The summed E-state index contributed by atoms with van der Waals surface area (Å²) < 4.78 is 0. The number of nitro benzene ring substituents is 1. The highest BCUT2D eigenvalue weighted by atomic mass is 16.6. The summed E-state index contributed by atoms with van der Waals surface area (Å²) >= 11 is 0. The van der Waals surface area contributed by atoms with Gasteiger partial charge in [0.2, 0.25) is 11.8 Å². The van der Waals surface area contributed by atoms with Crippen molar-refractivity contribution in [1.29, 1.82) is 0 Å². The smallest absolute Gasteiger partial charge is 0.292 e. The second-order valence-electron chi connectivity index (χ2n) is 4.36. The normalized spacial score (nSPS) is 13.2. The molecule has 0 unspecified atom stereocenters. The third-order valence-electron chi connectivity index (χ3n) is 3.03. The van der Waals surface area contributed by atoms with Crippen LogP contribution in [0.2, 0.25) is 0 Å². The summed E-state index contributed by atoms with van der Waals surface area (Å²) in [6.45, 7) is -0.0793. The van der Waals surface area contributed by atoms with Crippen LogP contribution >= 0.6 is 0 Å². The second-order valence-corrected chi connectivity index (χ2v) is 4.36. The van der Waals surface area contributed by atoms with Crippen molar-refractivity contribution in [3.63, 3.8) is 0 Å². The number of rotatable bonds is 4. The molecule has 2 amide bonds. The van der Waals surface area contributed by atoms with Gasteiger partial charge >= 0.3 is 0 Å². The number of aryl methyl sites for hydroxylation is 1. The molecule has 1 aliphatic heterocycles. The van der Waals surface area contributed by atoms with Crippen molar-refractivity contribution in [2.75, 3.05) is 24.2 Å². The summed E-state index contributed by atoms with van der Waals surface area (Å²) in [5.41, 5.74) is 1.37. The van der Waals surface area contributed by atoms with Crippen LogP contribution in [0, 0.1) is 10.1 Å². The molecule has 3 N–H and O–H groups in total. The second kappa shape index (κ2) is 5.55. The van der Waals surface area contributed by atoms with Crippen molar-refractivity contribution in [3.05, 3.63) is 27.8 Å². The van der Waals surface area contributed by atoms with Crippen molar-refractivity contribution < 1.29 is 14.5 Å². The van der Waals surface area contributed by atoms with E-state index in [-0.39, 0.29) is 29.7 Å². The Hall–Kier alpha value is -2.64. The third-order valence-corrected chi connectivity index (χ3v) is 3.03. The van der Waals surface area contributed by atoms with Gasteiger partial charge in [-0.1, -0.05) is 0 Å². The van der Waals surface area contributed by atoms with Crippen LogP contribution in [0.1, 0.15) is 12.0 Å². The molecular formula is C12H14N4O4. The third kappa shape index (κ3) is 2.85. The molecule has 0 radical (unpaired) electrons. The maximum absolute atomic E-state index is 11.3.